The van der Waals surface area contributed by atoms with Crippen LogP contribution >= 0.6 is 0 Å². The predicted octanol–water partition coefficient (Wildman–Crippen LogP) is 2.87. The van der Waals surface area contributed by atoms with Crippen molar-refractivity contribution in [1.29, 1.82) is 0 Å². The van der Waals surface area contributed by atoms with Crippen molar-refractivity contribution >= 4 is 11.9 Å². The largest absolute Gasteiger partial charge is 0.496 e. The van der Waals surface area contributed by atoms with Gasteiger partial charge in [0, 0.05) is 25.4 Å². The monoisotopic (exact) mass is 319 g/mol. The summed E-state index contributed by atoms with van der Waals surface area (Å²) in [6.45, 7) is 0.803. The van der Waals surface area contributed by atoms with Crippen molar-refractivity contribution in [1.82, 2.24) is 4.90 Å². The third-order valence-corrected chi connectivity index (χ3v) is 4.38. The average Bonchev–Trinajstić information content (AvgIpc) is 3.00. The number of carbonyl (C=O) groups excluding carboxylic acids is 1. The molecule has 1 atom stereocenters. The van der Waals surface area contributed by atoms with E-state index in [-0.39, 0.29) is 18.4 Å². The lowest BCUT2D eigenvalue weighted by atomic mass is 10.0. The maximum atomic E-state index is 12.4. The molecule has 5 heteroatoms. The lowest BCUT2D eigenvalue weighted by Gasteiger charge is -2.25. The lowest BCUT2D eigenvalue weighted by molar-refractivity contribution is -0.137. The van der Waals surface area contributed by atoms with Crippen molar-refractivity contribution < 1.29 is 19.4 Å². The number of rotatable bonds is 8. The molecule has 0 bridgehead atoms. The molecule has 1 aromatic carbocycles. The highest BCUT2D eigenvalue weighted by Gasteiger charge is 2.28. The molecule has 1 heterocycles. The number of ether oxygens (including phenoxy) is 1. The van der Waals surface area contributed by atoms with E-state index in [0.29, 0.717) is 19.3 Å². The van der Waals surface area contributed by atoms with Gasteiger partial charge in [0.1, 0.15) is 5.75 Å². The van der Waals surface area contributed by atoms with Crippen LogP contribution in [0, 0.1) is 0 Å². The number of hydrogen-bond donors (Lipinski definition) is 1. The van der Waals surface area contributed by atoms with Crippen LogP contribution in [0.5, 0.6) is 5.75 Å². The quantitative estimate of drug-likeness (QED) is 0.748. The summed E-state index contributed by atoms with van der Waals surface area (Å²) in [4.78, 5) is 24.9. The Hall–Kier alpha value is -2.04. The maximum Gasteiger partial charge on any atom is 0.303 e. The smallest absolute Gasteiger partial charge is 0.303 e. The van der Waals surface area contributed by atoms with Crippen molar-refractivity contribution in [2.75, 3.05) is 13.7 Å². The van der Waals surface area contributed by atoms with Gasteiger partial charge in [-0.2, -0.15) is 0 Å². The first-order chi connectivity index (χ1) is 11.1. The summed E-state index contributed by atoms with van der Waals surface area (Å²) >= 11 is 0. The number of carboxylic acid groups (broad SMARTS) is 1. The van der Waals surface area contributed by atoms with Gasteiger partial charge in [0.25, 0.3) is 0 Å². The Balaban J connectivity index is 1.89. The second-order valence-corrected chi connectivity index (χ2v) is 6.00. The van der Waals surface area contributed by atoms with E-state index in [9.17, 15) is 9.59 Å². The maximum absolute atomic E-state index is 12.4. The lowest BCUT2D eigenvalue weighted by Crippen LogP contribution is -2.36. The normalized spacial score (nSPS) is 17.3. The molecule has 1 aliphatic rings. The first-order valence-electron chi connectivity index (χ1n) is 8.25. The fraction of sp³-hybridized carbons (Fsp3) is 0.556. The minimum Gasteiger partial charge on any atom is -0.496 e. The first kappa shape index (κ1) is 17.3. The molecule has 23 heavy (non-hydrogen) atoms. The van der Waals surface area contributed by atoms with Gasteiger partial charge >= 0.3 is 5.97 Å². The van der Waals surface area contributed by atoms with Crippen LogP contribution < -0.4 is 4.74 Å². The standard InChI is InChI=1S/C18H25NO4/c1-23-16-9-3-2-7-14(16)13-15-8-6-12-19(15)17(20)10-4-5-11-18(21)22/h2-3,7,9,15H,4-6,8,10-13H2,1H3,(H,21,22). The third kappa shape index (κ3) is 4.98. The number of aliphatic carboxylic acids is 1. The number of unbranched alkanes of at least 4 members (excludes halogenated alkanes) is 1. The van der Waals surface area contributed by atoms with E-state index in [0.717, 1.165) is 37.1 Å². The van der Waals surface area contributed by atoms with Crippen molar-refractivity contribution in [3.63, 3.8) is 0 Å². The summed E-state index contributed by atoms with van der Waals surface area (Å²) < 4.78 is 5.39. The van der Waals surface area contributed by atoms with Crippen LogP contribution in [0.2, 0.25) is 0 Å². The van der Waals surface area contributed by atoms with Gasteiger partial charge in [-0.3, -0.25) is 9.59 Å². The molecule has 1 aromatic rings. The number of para-hydroxylation sites is 1. The van der Waals surface area contributed by atoms with Gasteiger partial charge in [-0.05, 0) is 43.7 Å². The van der Waals surface area contributed by atoms with E-state index in [4.69, 9.17) is 9.84 Å². The zero-order chi connectivity index (χ0) is 16.7. The second-order valence-electron chi connectivity index (χ2n) is 6.00. The summed E-state index contributed by atoms with van der Waals surface area (Å²) in [7, 11) is 1.67. The van der Waals surface area contributed by atoms with Crippen molar-refractivity contribution in [2.45, 2.75) is 51.0 Å². The molecule has 1 fully saturated rings. The molecule has 1 N–H and O–H groups in total. The van der Waals surface area contributed by atoms with Crippen LogP contribution in [0.25, 0.3) is 0 Å². The summed E-state index contributed by atoms with van der Waals surface area (Å²) in [5.74, 6) is 0.216. The second kappa shape index (κ2) is 8.56. The predicted molar refractivity (Wildman–Crippen MR) is 87.5 cm³/mol. The molecule has 0 aliphatic carbocycles. The van der Waals surface area contributed by atoms with Gasteiger partial charge in [0.2, 0.25) is 5.91 Å². The van der Waals surface area contributed by atoms with Crippen LogP contribution in [0.1, 0.15) is 44.1 Å². The Kier molecular flexibility index (Phi) is 6.44. The minimum atomic E-state index is -0.798. The molecule has 0 saturated carbocycles. The Morgan fingerprint density at radius 2 is 2.00 bits per heavy atom. The molecular weight excluding hydrogens is 294 g/mol. The summed E-state index contributed by atoms with van der Waals surface area (Å²) in [6.07, 6.45) is 4.63. The molecule has 0 spiro atoms. The number of carbonyl (C=O) groups is 2. The van der Waals surface area contributed by atoms with Crippen LogP contribution in [-0.4, -0.2) is 41.6 Å². The number of nitrogens with zero attached hydrogens (tertiary/aromatic N) is 1. The van der Waals surface area contributed by atoms with Gasteiger partial charge in [0.05, 0.1) is 7.11 Å². The highest BCUT2D eigenvalue weighted by atomic mass is 16.5. The number of methoxy groups -OCH3 is 1. The molecule has 126 valence electrons. The SMILES string of the molecule is COc1ccccc1CC1CCCN1C(=O)CCCCC(=O)O. The highest BCUT2D eigenvalue weighted by molar-refractivity contribution is 5.77. The van der Waals surface area contributed by atoms with E-state index in [1.807, 2.05) is 29.2 Å². The van der Waals surface area contributed by atoms with Crippen LogP contribution in [0.3, 0.4) is 0 Å². The zero-order valence-electron chi connectivity index (χ0n) is 13.7. The van der Waals surface area contributed by atoms with Crippen LogP contribution in [0.15, 0.2) is 24.3 Å². The molecule has 0 aromatic heterocycles. The molecule has 1 aliphatic heterocycles. The van der Waals surface area contributed by atoms with Gasteiger partial charge in [0.15, 0.2) is 0 Å². The molecule has 0 radical (unpaired) electrons. The number of amides is 1. The van der Waals surface area contributed by atoms with E-state index < -0.39 is 5.97 Å². The highest BCUT2D eigenvalue weighted by Crippen LogP contribution is 2.26. The van der Waals surface area contributed by atoms with E-state index in [1.54, 1.807) is 7.11 Å². The van der Waals surface area contributed by atoms with Gasteiger partial charge in [-0.25, -0.2) is 0 Å². The fourth-order valence-corrected chi connectivity index (χ4v) is 3.20. The Morgan fingerprint density at radius 3 is 2.74 bits per heavy atom. The topological polar surface area (TPSA) is 66.8 Å². The minimum absolute atomic E-state index is 0.137. The summed E-state index contributed by atoms with van der Waals surface area (Å²) in [5.41, 5.74) is 1.13. The molecule has 5 nitrogen and oxygen atoms in total. The zero-order valence-corrected chi connectivity index (χ0v) is 13.7. The molecular formula is C18H25NO4. The Bertz CT molecular complexity index is 544. The third-order valence-electron chi connectivity index (χ3n) is 4.38. The van der Waals surface area contributed by atoms with Gasteiger partial charge in [-0.15, -0.1) is 0 Å². The summed E-state index contributed by atoms with van der Waals surface area (Å²) in [6, 6.07) is 8.15. The van der Waals surface area contributed by atoms with Crippen LogP contribution in [-0.2, 0) is 16.0 Å². The van der Waals surface area contributed by atoms with Gasteiger partial charge in [-0.1, -0.05) is 18.2 Å². The Labute approximate surface area is 137 Å². The number of carboxylic acids is 1. The van der Waals surface area contributed by atoms with E-state index in [1.165, 1.54) is 0 Å². The molecule has 2 rings (SSSR count). The van der Waals surface area contributed by atoms with Crippen molar-refractivity contribution in [2.24, 2.45) is 0 Å². The Morgan fingerprint density at radius 1 is 1.26 bits per heavy atom. The number of likely N-dealkylation sites (tertiary alicyclic amines) is 1. The number of hydrogen-bond acceptors (Lipinski definition) is 3. The molecule has 1 saturated heterocycles. The molecule has 1 amide bonds. The average molecular weight is 319 g/mol. The fourth-order valence-electron chi connectivity index (χ4n) is 3.20. The first-order valence-corrected chi connectivity index (χ1v) is 8.25. The van der Waals surface area contributed by atoms with E-state index in [2.05, 4.69) is 0 Å². The summed E-state index contributed by atoms with van der Waals surface area (Å²) in [5, 5.41) is 8.64. The van der Waals surface area contributed by atoms with E-state index >= 15 is 0 Å². The van der Waals surface area contributed by atoms with Crippen molar-refractivity contribution in [3.8, 4) is 5.75 Å². The number of benzene rings is 1. The van der Waals surface area contributed by atoms with Crippen molar-refractivity contribution in [3.05, 3.63) is 29.8 Å². The molecule has 1 unspecified atom stereocenters. The van der Waals surface area contributed by atoms with Crippen LogP contribution in [0.4, 0.5) is 0 Å². The van der Waals surface area contributed by atoms with Gasteiger partial charge < -0.3 is 14.7 Å².